The summed E-state index contributed by atoms with van der Waals surface area (Å²) >= 11 is 0. The second-order valence-electron chi connectivity index (χ2n) is 4.61. The van der Waals surface area contributed by atoms with Crippen molar-refractivity contribution in [1.29, 1.82) is 5.41 Å². The van der Waals surface area contributed by atoms with Crippen molar-refractivity contribution >= 4 is 33.5 Å². The normalized spacial score (nSPS) is 11.4. The van der Waals surface area contributed by atoms with E-state index in [1.165, 1.54) is 12.1 Å². The first kappa shape index (κ1) is 11.6. The fraction of sp³-hybridized carbons (Fsp3) is 0. The third-order valence-corrected chi connectivity index (χ3v) is 3.39. The summed E-state index contributed by atoms with van der Waals surface area (Å²) in [6.07, 6.45) is 0. The molecule has 0 amide bonds. The molecule has 0 unspecified atom stereocenters. The zero-order valence-electron chi connectivity index (χ0n) is 10.6. The molecule has 1 N–H and O–H groups in total. The van der Waals surface area contributed by atoms with Gasteiger partial charge in [0.25, 0.3) is 5.69 Å². The highest BCUT2D eigenvalue weighted by Gasteiger charge is 2.14. The number of fused-ring (bicyclic) bond motifs is 4. The predicted molar refractivity (Wildman–Crippen MR) is 75.0 cm³/mol. The van der Waals surface area contributed by atoms with Gasteiger partial charge >= 0.3 is 5.84 Å². The van der Waals surface area contributed by atoms with Gasteiger partial charge in [0.2, 0.25) is 0 Å². The summed E-state index contributed by atoms with van der Waals surface area (Å²) in [6, 6.07) is 11.6. The molecule has 2 aromatic carbocycles. The van der Waals surface area contributed by atoms with Crippen LogP contribution in [0.5, 0.6) is 0 Å². The first-order chi connectivity index (χ1) is 10.1. The molecule has 7 heteroatoms. The monoisotopic (exact) mass is 280 g/mol. The first-order valence-corrected chi connectivity index (χ1v) is 6.18. The Labute approximate surface area is 116 Å². The van der Waals surface area contributed by atoms with Gasteiger partial charge in [0.1, 0.15) is 5.49 Å². The minimum Gasteiger partial charge on any atom is -0.423 e. The summed E-state index contributed by atoms with van der Waals surface area (Å²) < 4.78 is 7.10. The molecular weight excluding hydrogens is 272 g/mol. The minimum atomic E-state index is -0.483. The number of non-ortho nitro benzene ring substituents is 1. The summed E-state index contributed by atoms with van der Waals surface area (Å²) in [6.45, 7) is 0. The predicted octanol–water partition coefficient (Wildman–Crippen LogP) is 2.62. The Morgan fingerprint density at radius 1 is 1.24 bits per heavy atom. The second-order valence-corrected chi connectivity index (χ2v) is 4.61. The van der Waals surface area contributed by atoms with Crippen LogP contribution < -0.4 is 5.49 Å². The Bertz CT molecular complexity index is 1090. The number of rotatable bonds is 1. The van der Waals surface area contributed by atoms with Crippen LogP contribution in [0.2, 0.25) is 0 Å². The average Bonchev–Trinajstić information content (AvgIpc) is 2.84. The number of para-hydroxylation sites is 1. The molecule has 0 aliphatic carbocycles. The largest absolute Gasteiger partial charge is 0.423 e. The van der Waals surface area contributed by atoms with E-state index in [2.05, 4.69) is 4.98 Å². The SMILES string of the molecule is N=c1c2ccccc2nc2oc3cc([N+](=O)[O-])ccc3n12. The summed E-state index contributed by atoms with van der Waals surface area (Å²) in [5, 5.41) is 19.8. The molecule has 0 aliphatic rings. The van der Waals surface area contributed by atoms with Gasteiger partial charge in [-0.25, -0.2) is 4.40 Å². The van der Waals surface area contributed by atoms with E-state index in [1.54, 1.807) is 22.6 Å². The van der Waals surface area contributed by atoms with Gasteiger partial charge < -0.3 is 4.42 Å². The zero-order valence-corrected chi connectivity index (χ0v) is 10.6. The van der Waals surface area contributed by atoms with E-state index in [4.69, 9.17) is 9.83 Å². The van der Waals surface area contributed by atoms with Gasteiger partial charge in [-0.3, -0.25) is 15.5 Å². The molecule has 2 aromatic heterocycles. The maximum absolute atomic E-state index is 10.8. The second kappa shape index (κ2) is 3.89. The first-order valence-electron chi connectivity index (χ1n) is 6.18. The van der Waals surface area contributed by atoms with Crippen LogP contribution in [0.25, 0.3) is 27.8 Å². The van der Waals surface area contributed by atoms with Crippen molar-refractivity contribution in [1.82, 2.24) is 9.38 Å². The molecule has 4 aromatic rings. The molecule has 102 valence electrons. The number of aromatic nitrogens is 2. The van der Waals surface area contributed by atoms with Crippen LogP contribution in [-0.2, 0) is 0 Å². The van der Waals surface area contributed by atoms with Gasteiger partial charge in [-0.05, 0) is 18.2 Å². The van der Waals surface area contributed by atoms with Gasteiger partial charge in [-0.15, -0.1) is 0 Å². The van der Waals surface area contributed by atoms with E-state index >= 15 is 0 Å². The minimum absolute atomic E-state index is 0.0572. The molecule has 21 heavy (non-hydrogen) atoms. The fourth-order valence-electron chi connectivity index (χ4n) is 2.41. The number of benzene rings is 2. The lowest BCUT2D eigenvalue weighted by atomic mass is 10.2. The van der Waals surface area contributed by atoms with Gasteiger partial charge in [0, 0.05) is 11.5 Å². The highest BCUT2D eigenvalue weighted by Crippen LogP contribution is 2.23. The summed E-state index contributed by atoms with van der Waals surface area (Å²) in [4.78, 5) is 14.7. The molecule has 4 rings (SSSR count). The maximum Gasteiger partial charge on any atom is 0.309 e. The van der Waals surface area contributed by atoms with Crippen LogP contribution >= 0.6 is 0 Å². The lowest BCUT2D eigenvalue weighted by Gasteiger charge is -1.99. The molecule has 2 heterocycles. The smallest absolute Gasteiger partial charge is 0.309 e. The molecular formula is C14H8N4O3. The maximum atomic E-state index is 10.8. The Hall–Kier alpha value is -3.22. The topological polar surface area (TPSA) is 97.4 Å². The van der Waals surface area contributed by atoms with Crippen LogP contribution in [0.3, 0.4) is 0 Å². The third-order valence-electron chi connectivity index (χ3n) is 3.39. The Morgan fingerprint density at radius 2 is 2.05 bits per heavy atom. The molecule has 0 atom stereocenters. The van der Waals surface area contributed by atoms with E-state index in [0.29, 0.717) is 22.0 Å². The van der Waals surface area contributed by atoms with Crippen molar-refractivity contribution in [3.8, 4) is 0 Å². The van der Waals surface area contributed by atoms with E-state index < -0.39 is 4.92 Å². The van der Waals surface area contributed by atoms with Gasteiger partial charge in [-0.2, -0.15) is 4.98 Å². The number of nitrogens with one attached hydrogen (secondary N) is 1. The Balaban J connectivity index is 2.21. The molecule has 0 radical (unpaired) electrons. The molecule has 0 bridgehead atoms. The van der Waals surface area contributed by atoms with Crippen molar-refractivity contribution in [3.05, 3.63) is 58.1 Å². The summed E-state index contributed by atoms with van der Waals surface area (Å²) in [7, 11) is 0. The lowest BCUT2D eigenvalue weighted by molar-refractivity contribution is -0.384. The van der Waals surface area contributed by atoms with E-state index in [-0.39, 0.29) is 17.0 Å². The van der Waals surface area contributed by atoms with E-state index in [1.807, 2.05) is 12.1 Å². The quantitative estimate of drug-likeness (QED) is 0.428. The number of hydrogen-bond acceptors (Lipinski definition) is 5. The van der Waals surface area contributed by atoms with E-state index in [9.17, 15) is 10.1 Å². The van der Waals surface area contributed by atoms with Crippen LogP contribution in [0.4, 0.5) is 5.69 Å². The van der Waals surface area contributed by atoms with Crippen molar-refractivity contribution in [3.63, 3.8) is 0 Å². The standard InChI is InChI=1S/C14H8N4O3/c15-13-9-3-1-2-4-10(9)16-14-17(13)11-6-5-8(18(19)20)7-12(11)21-14/h1-7,15H. The van der Waals surface area contributed by atoms with Crippen molar-refractivity contribution in [2.24, 2.45) is 0 Å². The Morgan fingerprint density at radius 3 is 2.86 bits per heavy atom. The third kappa shape index (κ3) is 1.54. The van der Waals surface area contributed by atoms with Gasteiger partial charge in [0.15, 0.2) is 5.58 Å². The van der Waals surface area contributed by atoms with Crippen molar-refractivity contribution in [2.75, 3.05) is 0 Å². The number of nitro benzene ring substituents is 1. The molecule has 0 saturated carbocycles. The molecule has 0 fully saturated rings. The summed E-state index contributed by atoms with van der Waals surface area (Å²) in [5.74, 6) is 0.245. The number of hydrogen-bond donors (Lipinski definition) is 1. The van der Waals surface area contributed by atoms with Crippen LogP contribution in [0, 0.1) is 15.5 Å². The number of oxazole rings is 1. The van der Waals surface area contributed by atoms with Crippen LogP contribution in [-0.4, -0.2) is 14.3 Å². The summed E-state index contributed by atoms with van der Waals surface area (Å²) in [5.41, 5.74) is 1.75. The molecule has 0 aliphatic heterocycles. The average molecular weight is 280 g/mol. The Kier molecular flexibility index (Phi) is 2.15. The van der Waals surface area contributed by atoms with Gasteiger partial charge in [0.05, 0.1) is 22.0 Å². The van der Waals surface area contributed by atoms with Crippen molar-refractivity contribution in [2.45, 2.75) is 0 Å². The van der Waals surface area contributed by atoms with Crippen molar-refractivity contribution < 1.29 is 9.34 Å². The van der Waals surface area contributed by atoms with Gasteiger partial charge in [-0.1, -0.05) is 12.1 Å². The lowest BCUT2D eigenvalue weighted by Crippen LogP contribution is -2.13. The highest BCUT2D eigenvalue weighted by molar-refractivity contribution is 5.84. The molecule has 0 spiro atoms. The van der Waals surface area contributed by atoms with Crippen LogP contribution in [0.15, 0.2) is 46.9 Å². The van der Waals surface area contributed by atoms with Crippen LogP contribution in [0.1, 0.15) is 0 Å². The van der Waals surface area contributed by atoms with E-state index in [0.717, 1.165) is 0 Å². The number of nitro groups is 1. The number of nitrogens with zero attached hydrogens (tertiary/aromatic N) is 3. The fourth-order valence-corrected chi connectivity index (χ4v) is 2.41. The molecule has 7 nitrogen and oxygen atoms in total. The zero-order chi connectivity index (χ0) is 14.6. The highest BCUT2D eigenvalue weighted by atomic mass is 16.6. The molecule has 0 saturated heterocycles.